The van der Waals surface area contributed by atoms with Crippen LogP contribution in [0.3, 0.4) is 0 Å². The first-order chi connectivity index (χ1) is 8.71. The van der Waals surface area contributed by atoms with Gasteiger partial charge in [0.1, 0.15) is 0 Å². The minimum Gasteiger partial charge on any atom is -0.329 e. The standard InChI is InChI=1S/C15H33N3/c1-5-13(6-2)15(11-16)18-10-9-14(12-18)17(7-3)8-4/h13-15H,5-12,16H2,1-4H3. The molecule has 1 rings (SSSR count). The van der Waals surface area contributed by atoms with Gasteiger partial charge in [-0.05, 0) is 25.4 Å². The molecule has 2 N–H and O–H groups in total. The van der Waals surface area contributed by atoms with Gasteiger partial charge in [0.15, 0.2) is 0 Å². The van der Waals surface area contributed by atoms with Crippen LogP contribution >= 0.6 is 0 Å². The van der Waals surface area contributed by atoms with Crippen LogP contribution in [0.4, 0.5) is 0 Å². The van der Waals surface area contributed by atoms with Gasteiger partial charge in [0.25, 0.3) is 0 Å². The molecule has 3 heteroatoms. The lowest BCUT2D eigenvalue weighted by Crippen LogP contribution is -2.46. The molecule has 1 aliphatic heterocycles. The van der Waals surface area contributed by atoms with Gasteiger partial charge >= 0.3 is 0 Å². The second-order valence-electron chi connectivity index (χ2n) is 5.54. The highest BCUT2D eigenvalue weighted by atomic mass is 15.3. The van der Waals surface area contributed by atoms with Gasteiger partial charge in [0.2, 0.25) is 0 Å². The topological polar surface area (TPSA) is 32.5 Å². The predicted octanol–water partition coefficient (Wildman–Crippen LogP) is 2.17. The summed E-state index contributed by atoms with van der Waals surface area (Å²) in [5, 5.41) is 0. The van der Waals surface area contributed by atoms with Crippen molar-refractivity contribution in [2.75, 3.05) is 32.7 Å². The van der Waals surface area contributed by atoms with Crippen molar-refractivity contribution in [3.63, 3.8) is 0 Å². The van der Waals surface area contributed by atoms with Crippen LogP contribution in [0.15, 0.2) is 0 Å². The van der Waals surface area contributed by atoms with Gasteiger partial charge in [-0.3, -0.25) is 9.80 Å². The van der Waals surface area contributed by atoms with E-state index in [9.17, 15) is 0 Å². The van der Waals surface area contributed by atoms with E-state index in [-0.39, 0.29) is 0 Å². The first kappa shape index (κ1) is 15.9. The average Bonchev–Trinajstić information content (AvgIpc) is 2.86. The molecule has 1 heterocycles. The molecule has 0 aromatic rings. The molecule has 108 valence electrons. The monoisotopic (exact) mass is 255 g/mol. The Morgan fingerprint density at radius 1 is 1.17 bits per heavy atom. The highest BCUT2D eigenvalue weighted by Gasteiger charge is 2.32. The molecule has 0 saturated carbocycles. The Bertz CT molecular complexity index is 212. The number of nitrogens with zero attached hydrogens (tertiary/aromatic N) is 2. The largest absolute Gasteiger partial charge is 0.329 e. The third-order valence-corrected chi connectivity index (χ3v) is 4.83. The van der Waals surface area contributed by atoms with Crippen molar-refractivity contribution < 1.29 is 0 Å². The van der Waals surface area contributed by atoms with Crippen LogP contribution < -0.4 is 5.73 Å². The number of hydrogen-bond acceptors (Lipinski definition) is 3. The summed E-state index contributed by atoms with van der Waals surface area (Å²) in [4.78, 5) is 5.25. The zero-order valence-electron chi connectivity index (χ0n) is 12.9. The minimum absolute atomic E-state index is 0.598. The molecule has 1 aliphatic rings. The average molecular weight is 255 g/mol. The lowest BCUT2D eigenvalue weighted by molar-refractivity contribution is 0.148. The van der Waals surface area contributed by atoms with Crippen LogP contribution in [0, 0.1) is 5.92 Å². The molecule has 0 aromatic heterocycles. The Labute approximate surface area is 114 Å². The summed E-state index contributed by atoms with van der Waals surface area (Å²) in [6.45, 7) is 14.8. The Morgan fingerprint density at radius 2 is 1.78 bits per heavy atom. The molecular weight excluding hydrogens is 222 g/mol. The summed E-state index contributed by atoms with van der Waals surface area (Å²) in [5.41, 5.74) is 6.04. The number of likely N-dealkylation sites (tertiary alicyclic amines) is 1. The Kier molecular flexibility index (Phi) is 7.20. The van der Waals surface area contributed by atoms with E-state index in [1.54, 1.807) is 0 Å². The summed E-state index contributed by atoms with van der Waals surface area (Å²) < 4.78 is 0. The van der Waals surface area contributed by atoms with E-state index in [1.807, 2.05) is 0 Å². The van der Waals surface area contributed by atoms with Crippen molar-refractivity contribution in [1.82, 2.24) is 9.80 Å². The van der Waals surface area contributed by atoms with E-state index in [2.05, 4.69) is 37.5 Å². The number of likely N-dealkylation sites (N-methyl/N-ethyl adjacent to an activating group) is 1. The smallest absolute Gasteiger partial charge is 0.0247 e. The van der Waals surface area contributed by atoms with Crippen molar-refractivity contribution in [3.8, 4) is 0 Å². The zero-order chi connectivity index (χ0) is 13.5. The molecule has 0 aliphatic carbocycles. The van der Waals surface area contributed by atoms with Crippen LogP contribution in [-0.2, 0) is 0 Å². The van der Waals surface area contributed by atoms with Crippen LogP contribution in [0.2, 0.25) is 0 Å². The van der Waals surface area contributed by atoms with Gasteiger partial charge in [0, 0.05) is 31.7 Å². The van der Waals surface area contributed by atoms with Crippen molar-refractivity contribution in [3.05, 3.63) is 0 Å². The molecule has 3 nitrogen and oxygen atoms in total. The molecular formula is C15H33N3. The maximum atomic E-state index is 6.04. The van der Waals surface area contributed by atoms with E-state index in [4.69, 9.17) is 5.73 Å². The van der Waals surface area contributed by atoms with E-state index in [0.29, 0.717) is 6.04 Å². The lowest BCUT2D eigenvalue weighted by atomic mass is 9.93. The SMILES string of the molecule is CCC(CC)C(CN)N1CCC(N(CC)CC)C1. The maximum Gasteiger partial charge on any atom is 0.0247 e. The Hall–Kier alpha value is -0.120. The van der Waals surface area contributed by atoms with Crippen molar-refractivity contribution in [2.45, 2.75) is 59.0 Å². The summed E-state index contributed by atoms with van der Waals surface area (Å²) in [6.07, 6.45) is 3.83. The molecule has 0 amide bonds. The van der Waals surface area contributed by atoms with Crippen LogP contribution in [-0.4, -0.2) is 54.6 Å². The van der Waals surface area contributed by atoms with Gasteiger partial charge < -0.3 is 5.73 Å². The molecule has 0 bridgehead atoms. The molecule has 0 aromatic carbocycles. The van der Waals surface area contributed by atoms with Gasteiger partial charge in [-0.25, -0.2) is 0 Å². The van der Waals surface area contributed by atoms with Gasteiger partial charge in [0.05, 0.1) is 0 Å². The highest BCUT2D eigenvalue weighted by Crippen LogP contribution is 2.24. The van der Waals surface area contributed by atoms with Crippen molar-refractivity contribution >= 4 is 0 Å². The molecule has 1 saturated heterocycles. The molecule has 18 heavy (non-hydrogen) atoms. The van der Waals surface area contributed by atoms with Gasteiger partial charge in [-0.15, -0.1) is 0 Å². The fourth-order valence-electron chi connectivity index (χ4n) is 3.58. The van der Waals surface area contributed by atoms with E-state index in [1.165, 1.54) is 45.4 Å². The number of nitrogens with two attached hydrogens (primary N) is 1. The first-order valence-electron chi connectivity index (χ1n) is 7.89. The fourth-order valence-corrected chi connectivity index (χ4v) is 3.58. The summed E-state index contributed by atoms with van der Waals surface area (Å²) >= 11 is 0. The third-order valence-electron chi connectivity index (χ3n) is 4.83. The summed E-state index contributed by atoms with van der Waals surface area (Å²) in [7, 11) is 0. The van der Waals surface area contributed by atoms with Crippen molar-refractivity contribution in [2.24, 2.45) is 11.7 Å². The molecule has 0 spiro atoms. The zero-order valence-corrected chi connectivity index (χ0v) is 12.9. The van der Waals surface area contributed by atoms with Gasteiger partial charge in [-0.2, -0.15) is 0 Å². The molecule has 1 fully saturated rings. The van der Waals surface area contributed by atoms with Crippen LogP contribution in [0.25, 0.3) is 0 Å². The van der Waals surface area contributed by atoms with Crippen LogP contribution in [0.5, 0.6) is 0 Å². The Morgan fingerprint density at radius 3 is 2.22 bits per heavy atom. The number of rotatable bonds is 8. The van der Waals surface area contributed by atoms with E-state index in [0.717, 1.165) is 18.5 Å². The third kappa shape index (κ3) is 3.69. The summed E-state index contributed by atoms with van der Waals surface area (Å²) in [5.74, 6) is 0.769. The van der Waals surface area contributed by atoms with E-state index >= 15 is 0 Å². The minimum atomic E-state index is 0.598. The molecule has 2 atom stereocenters. The van der Waals surface area contributed by atoms with Crippen LogP contribution in [0.1, 0.15) is 47.0 Å². The summed E-state index contributed by atoms with van der Waals surface area (Å²) in [6, 6.07) is 1.35. The van der Waals surface area contributed by atoms with Crippen molar-refractivity contribution in [1.29, 1.82) is 0 Å². The number of hydrogen-bond donors (Lipinski definition) is 1. The molecule has 2 unspecified atom stereocenters. The second kappa shape index (κ2) is 8.13. The highest BCUT2D eigenvalue weighted by molar-refractivity contribution is 4.89. The van der Waals surface area contributed by atoms with E-state index < -0.39 is 0 Å². The fraction of sp³-hybridized carbons (Fsp3) is 1.00. The maximum absolute atomic E-state index is 6.04. The quantitative estimate of drug-likeness (QED) is 0.721. The lowest BCUT2D eigenvalue weighted by Gasteiger charge is -2.34. The molecule has 0 radical (unpaired) electrons. The normalized spacial score (nSPS) is 23.2. The predicted molar refractivity (Wildman–Crippen MR) is 79.8 cm³/mol. The first-order valence-corrected chi connectivity index (χ1v) is 7.89. The second-order valence-corrected chi connectivity index (χ2v) is 5.54. The Balaban J connectivity index is 2.57. The van der Waals surface area contributed by atoms with Gasteiger partial charge in [-0.1, -0.05) is 40.5 Å².